The van der Waals surface area contributed by atoms with Gasteiger partial charge in [-0.25, -0.2) is 0 Å². The zero-order valence-corrected chi connectivity index (χ0v) is 8.28. The minimum atomic E-state index is -4.22. The average Bonchev–Trinajstić information content (AvgIpc) is 2.15. The fourth-order valence-corrected chi connectivity index (χ4v) is 1.44. The Morgan fingerprint density at radius 3 is 2.14 bits per heavy atom. The molecule has 1 aromatic rings. The van der Waals surface area contributed by atoms with Crippen LogP contribution in [0, 0.1) is 0 Å². The minimum Gasteiger partial charge on any atom is -0.166 e. The zero-order valence-electron chi connectivity index (χ0n) is 8.28. The summed E-state index contributed by atoms with van der Waals surface area (Å²) >= 11 is 0. The molecule has 14 heavy (non-hydrogen) atoms. The Labute approximate surface area is 81.8 Å². The van der Waals surface area contributed by atoms with Crippen molar-refractivity contribution in [2.45, 2.75) is 32.9 Å². The number of rotatable bonds is 2. The smallest absolute Gasteiger partial charge is 0.166 e. The summed E-state index contributed by atoms with van der Waals surface area (Å²) in [7, 11) is 0. The van der Waals surface area contributed by atoms with E-state index < -0.39 is 11.7 Å². The van der Waals surface area contributed by atoms with Crippen LogP contribution < -0.4 is 0 Å². The monoisotopic (exact) mass is 202 g/mol. The molecule has 78 valence electrons. The standard InChI is InChI=1S/C11H13F3/c1-3-8-5-6-10(11(12,13)14)9(4-2)7-8/h5-7H,3-4H2,1-2H3. The highest BCUT2D eigenvalue weighted by Gasteiger charge is 2.32. The van der Waals surface area contributed by atoms with Crippen LogP contribution in [0.5, 0.6) is 0 Å². The highest BCUT2D eigenvalue weighted by Crippen LogP contribution is 2.32. The summed E-state index contributed by atoms with van der Waals surface area (Å²) in [5.41, 5.74) is 0.837. The first-order valence-electron chi connectivity index (χ1n) is 4.68. The van der Waals surface area contributed by atoms with Gasteiger partial charge in [0.1, 0.15) is 0 Å². The van der Waals surface area contributed by atoms with Crippen LogP contribution >= 0.6 is 0 Å². The largest absolute Gasteiger partial charge is 0.416 e. The molecule has 1 aromatic carbocycles. The SMILES string of the molecule is CCc1ccc(C(F)(F)F)c(CC)c1. The van der Waals surface area contributed by atoms with Crippen molar-refractivity contribution < 1.29 is 13.2 Å². The molecule has 0 atom stereocenters. The van der Waals surface area contributed by atoms with Crippen LogP contribution in [0.15, 0.2) is 18.2 Å². The molecular weight excluding hydrogens is 189 g/mol. The molecule has 0 radical (unpaired) electrons. The topological polar surface area (TPSA) is 0 Å². The number of hydrogen-bond donors (Lipinski definition) is 0. The molecule has 0 N–H and O–H groups in total. The number of hydrogen-bond acceptors (Lipinski definition) is 0. The van der Waals surface area contributed by atoms with Gasteiger partial charge in [-0.05, 0) is 30.0 Å². The highest BCUT2D eigenvalue weighted by molar-refractivity contribution is 5.34. The van der Waals surface area contributed by atoms with Gasteiger partial charge in [-0.3, -0.25) is 0 Å². The molecule has 0 aliphatic carbocycles. The molecular formula is C11H13F3. The van der Waals surface area contributed by atoms with E-state index in [0.29, 0.717) is 12.0 Å². The summed E-state index contributed by atoms with van der Waals surface area (Å²) < 4.78 is 37.4. The molecule has 0 unspecified atom stereocenters. The van der Waals surface area contributed by atoms with Crippen molar-refractivity contribution in [3.05, 3.63) is 34.9 Å². The molecule has 0 saturated heterocycles. The van der Waals surface area contributed by atoms with Crippen LogP contribution in [-0.4, -0.2) is 0 Å². The van der Waals surface area contributed by atoms with Crippen LogP contribution in [-0.2, 0) is 19.0 Å². The van der Waals surface area contributed by atoms with E-state index in [4.69, 9.17) is 0 Å². The molecule has 0 aromatic heterocycles. The van der Waals surface area contributed by atoms with Crippen molar-refractivity contribution in [1.82, 2.24) is 0 Å². The molecule has 0 aliphatic rings. The van der Waals surface area contributed by atoms with Crippen LogP contribution in [0.2, 0.25) is 0 Å². The second-order valence-corrected chi connectivity index (χ2v) is 3.20. The van der Waals surface area contributed by atoms with Gasteiger partial charge >= 0.3 is 6.18 Å². The van der Waals surface area contributed by atoms with Crippen molar-refractivity contribution in [3.63, 3.8) is 0 Å². The number of halogens is 3. The third-order valence-electron chi connectivity index (χ3n) is 2.26. The lowest BCUT2D eigenvalue weighted by molar-refractivity contribution is -0.138. The Morgan fingerprint density at radius 1 is 1.07 bits per heavy atom. The predicted octanol–water partition coefficient (Wildman–Crippen LogP) is 3.83. The lowest BCUT2D eigenvalue weighted by Gasteiger charge is -2.12. The van der Waals surface area contributed by atoms with Gasteiger partial charge < -0.3 is 0 Å². The molecule has 0 spiro atoms. The summed E-state index contributed by atoms with van der Waals surface area (Å²) in [4.78, 5) is 0. The molecule has 0 nitrogen and oxygen atoms in total. The van der Waals surface area contributed by atoms with E-state index >= 15 is 0 Å². The van der Waals surface area contributed by atoms with Crippen molar-refractivity contribution in [3.8, 4) is 0 Å². The third-order valence-corrected chi connectivity index (χ3v) is 2.26. The first-order valence-corrected chi connectivity index (χ1v) is 4.68. The van der Waals surface area contributed by atoms with Crippen LogP contribution in [0.1, 0.15) is 30.5 Å². The number of benzene rings is 1. The fraction of sp³-hybridized carbons (Fsp3) is 0.455. The Hall–Kier alpha value is -0.990. The Bertz CT molecular complexity index is 313. The zero-order chi connectivity index (χ0) is 10.8. The first-order chi connectivity index (χ1) is 6.49. The average molecular weight is 202 g/mol. The Balaban J connectivity index is 3.18. The molecule has 0 aliphatic heterocycles. The summed E-state index contributed by atoms with van der Waals surface area (Å²) in [6, 6.07) is 4.36. The van der Waals surface area contributed by atoms with Gasteiger partial charge in [-0.15, -0.1) is 0 Å². The maximum atomic E-state index is 12.5. The fourth-order valence-electron chi connectivity index (χ4n) is 1.44. The van der Waals surface area contributed by atoms with Crippen molar-refractivity contribution in [1.29, 1.82) is 0 Å². The summed E-state index contributed by atoms with van der Waals surface area (Å²) in [6.07, 6.45) is -3.04. The molecule has 0 saturated carbocycles. The van der Waals surface area contributed by atoms with Crippen molar-refractivity contribution in [2.24, 2.45) is 0 Å². The summed E-state index contributed by atoms with van der Waals surface area (Å²) in [6.45, 7) is 3.67. The van der Waals surface area contributed by atoms with Crippen LogP contribution in [0.4, 0.5) is 13.2 Å². The first kappa shape index (κ1) is 11.1. The van der Waals surface area contributed by atoms with Gasteiger partial charge in [-0.1, -0.05) is 26.0 Å². The number of alkyl halides is 3. The second kappa shape index (κ2) is 4.03. The second-order valence-electron chi connectivity index (χ2n) is 3.20. The van der Waals surface area contributed by atoms with E-state index in [-0.39, 0.29) is 0 Å². The van der Waals surface area contributed by atoms with Crippen LogP contribution in [0.3, 0.4) is 0 Å². The molecule has 0 heterocycles. The maximum Gasteiger partial charge on any atom is 0.416 e. The molecule has 0 bridgehead atoms. The van der Waals surface area contributed by atoms with Crippen LogP contribution in [0.25, 0.3) is 0 Å². The predicted molar refractivity (Wildman–Crippen MR) is 50.2 cm³/mol. The number of aryl methyl sites for hydroxylation is 2. The van der Waals surface area contributed by atoms with E-state index in [1.165, 1.54) is 6.07 Å². The maximum absolute atomic E-state index is 12.5. The van der Waals surface area contributed by atoms with Crippen molar-refractivity contribution >= 4 is 0 Å². The van der Waals surface area contributed by atoms with Gasteiger partial charge in [0.05, 0.1) is 5.56 Å². The molecule has 1 rings (SSSR count). The summed E-state index contributed by atoms with van der Waals surface area (Å²) in [5, 5.41) is 0. The lowest BCUT2D eigenvalue weighted by atomic mass is 10.0. The molecule has 0 fully saturated rings. The van der Waals surface area contributed by atoms with E-state index in [9.17, 15) is 13.2 Å². The van der Waals surface area contributed by atoms with Crippen molar-refractivity contribution in [2.75, 3.05) is 0 Å². The van der Waals surface area contributed by atoms with E-state index in [1.807, 2.05) is 6.92 Å². The third kappa shape index (κ3) is 2.28. The van der Waals surface area contributed by atoms with Gasteiger partial charge in [0.15, 0.2) is 0 Å². The van der Waals surface area contributed by atoms with Gasteiger partial charge in [0, 0.05) is 0 Å². The normalized spacial score (nSPS) is 11.8. The lowest BCUT2D eigenvalue weighted by Crippen LogP contribution is -2.09. The van der Waals surface area contributed by atoms with E-state index in [1.54, 1.807) is 19.1 Å². The molecule has 3 heteroatoms. The van der Waals surface area contributed by atoms with E-state index in [2.05, 4.69) is 0 Å². The molecule has 0 amide bonds. The highest BCUT2D eigenvalue weighted by atomic mass is 19.4. The van der Waals surface area contributed by atoms with Gasteiger partial charge in [0.25, 0.3) is 0 Å². The minimum absolute atomic E-state index is 0.386. The van der Waals surface area contributed by atoms with Gasteiger partial charge in [-0.2, -0.15) is 13.2 Å². The van der Waals surface area contributed by atoms with E-state index in [0.717, 1.165) is 12.0 Å². The Morgan fingerprint density at radius 2 is 1.71 bits per heavy atom. The Kier molecular flexibility index (Phi) is 3.19. The quantitative estimate of drug-likeness (QED) is 0.683. The van der Waals surface area contributed by atoms with Gasteiger partial charge in [0.2, 0.25) is 0 Å². The summed E-state index contributed by atoms with van der Waals surface area (Å²) in [5.74, 6) is 0.